The minimum absolute atomic E-state index is 0.0175. The summed E-state index contributed by atoms with van der Waals surface area (Å²) in [5.41, 5.74) is 1.30. The van der Waals surface area contributed by atoms with E-state index in [1.807, 2.05) is 18.2 Å². The SMILES string of the molecule is CN(CC(=O)NCC1(c2ccc3c(c2)OCO3)CCOCC1)C1=NS(=O)(=O)c2ccccc21. The number of nitrogens with one attached hydrogen (secondary N) is 1. The van der Waals surface area contributed by atoms with Crippen LogP contribution >= 0.6 is 0 Å². The molecule has 0 spiro atoms. The van der Waals surface area contributed by atoms with Crippen LogP contribution in [0.3, 0.4) is 0 Å². The van der Waals surface area contributed by atoms with Crippen LogP contribution in [0.2, 0.25) is 0 Å². The van der Waals surface area contributed by atoms with Crippen molar-refractivity contribution in [1.29, 1.82) is 0 Å². The molecular weight excluding hydrogens is 446 g/mol. The van der Waals surface area contributed by atoms with E-state index >= 15 is 0 Å². The van der Waals surface area contributed by atoms with Crippen LogP contribution in [0, 0.1) is 0 Å². The molecule has 0 unspecified atom stereocenters. The van der Waals surface area contributed by atoms with Gasteiger partial charge in [-0.2, -0.15) is 8.42 Å². The summed E-state index contributed by atoms with van der Waals surface area (Å²) in [5.74, 6) is 1.49. The highest BCUT2D eigenvalue weighted by molar-refractivity contribution is 7.90. The van der Waals surface area contributed by atoms with Crippen molar-refractivity contribution in [3.05, 3.63) is 53.6 Å². The average Bonchev–Trinajstić information content (AvgIpc) is 3.40. The van der Waals surface area contributed by atoms with Crippen LogP contribution in [0.25, 0.3) is 0 Å². The zero-order chi connectivity index (χ0) is 23.1. The second-order valence-corrected chi connectivity index (χ2v) is 10.1. The molecule has 5 rings (SSSR count). The number of hydrogen-bond acceptors (Lipinski definition) is 7. The number of fused-ring (bicyclic) bond motifs is 2. The standard InChI is InChI=1S/C23H25N3O6S/c1-26(22-17-4-2-3-5-20(17)33(28,29)25-22)13-21(27)24-14-23(8-10-30-11-9-23)16-6-7-18-19(12-16)32-15-31-18/h2-7,12H,8-11,13-15H2,1H3,(H,24,27). The molecule has 3 heterocycles. The summed E-state index contributed by atoms with van der Waals surface area (Å²) in [6, 6.07) is 12.5. The molecule has 0 radical (unpaired) electrons. The number of ether oxygens (including phenoxy) is 3. The Morgan fingerprint density at radius 1 is 1.12 bits per heavy atom. The number of amidine groups is 1. The van der Waals surface area contributed by atoms with Crippen molar-refractivity contribution in [2.75, 3.05) is 40.1 Å². The van der Waals surface area contributed by atoms with E-state index in [0.717, 1.165) is 24.2 Å². The van der Waals surface area contributed by atoms with Gasteiger partial charge in [0.05, 0.1) is 6.54 Å². The molecule has 0 aromatic heterocycles. The molecule has 0 bridgehead atoms. The number of carbonyl (C=O) groups is 1. The van der Waals surface area contributed by atoms with Crippen molar-refractivity contribution in [2.45, 2.75) is 23.2 Å². The maximum absolute atomic E-state index is 12.9. The number of nitrogens with zero attached hydrogens (tertiary/aromatic N) is 2. The van der Waals surface area contributed by atoms with Crippen molar-refractivity contribution < 1.29 is 27.4 Å². The molecule has 1 N–H and O–H groups in total. The Morgan fingerprint density at radius 2 is 1.88 bits per heavy atom. The van der Waals surface area contributed by atoms with E-state index in [1.54, 1.807) is 30.1 Å². The fourth-order valence-corrected chi connectivity index (χ4v) is 5.79. The maximum atomic E-state index is 12.9. The van der Waals surface area contributed by atoms with Crippen molar-refractivity contribution in [2.24, 2.45) is 4.40 Å². The molecule has 33 heavy (non-hydrogen) atoms. The molecule has 9 nitrogen and oxygen atoms in total. The first kappa shape index (κ1) is 21.7. The number of carbonyl (C=O) groups excluding carboxylic acids is 1. The zero-order valence-corrected chi connectivity index (χ0v) is 19.1. The summed E-state index contributed by atoms with van der Waals surface area (Å²) in [7, 11) is -2.07. The smallest absolute Gasteiger partial charge is 0.285 e. The summed E-state index contributed by atoms with van der Waals surface area (Å²) in [4.78, 5) is 14.6. The molecule has 10 heteroatoms. The third kappa shape index (κ3) is 4.04. The molecule has 2 aromatic carbocycles. The van der Waals surface area contributed by atoms with Crippen LogP contribution in [0.5, 0.6) is 11.5 Å². The van der Waals surface area contributed by atoms with Crippen molar-refractivity contribution in [1.82, 2.24) is 10.2 Å². The number of rotatable bonds is 5. The zero-order valence-electron chi connectivity index (χ0n) is 18.2. The fourth-order valence-electron chi connectivity index (χ4n) is 4.53. The van der Waals surface area contributed by atoms with E-state index in [9.17, 15) is 13.2 Å². The Balaban J connectivity index is 1.29. The molecule has 174 valence electrons. The predicted molar refractivity (Wildman–Crippen MR) is 120 cm³/mol. The third-order valence-corrected chi connectivity index (χ3v) is 7.74. The van der Waals surface area contributed by atoms with Gasteiger partial charge in [0.25, 0.3) is 10.0 Å². The number of hydrogen-bond donors (Lipinski definition) is 1. The molecular formula is C23H25N3O6S. The van der Waals surface area contributed by atoms with Crippen molar-refractivity contribution in [3.8, 4) is 11.5 Å². The van der Waals surface area contributed by atoms with Gasteiger partial charge in [0.2, 0.25) is 12.7 Å². The Hall–Kier alpha value is -3.11. The number of benzene rings is 2. The van der Waals surface area contributed by atoms with Crippen LogP contribution in [0.15, 0.2) is 51.8 Å². The number of likely N-dealkylation sites (N-methyl/N-ethyl adjacent to an activating group) is 1. The summed E-state index contributed by atoms with van der Waals surface area (Å²) in [6.45, 7) is 1.84. The minimum atomic E-state index is -3.74. The first-order valence-electron chi connectivity index (χ1n) is 10.8. The van der Waals surface area contributed by atoms with Gasteiger partial charge in [-0.15, -0.1) is 4.40 Å². The lowest BCUT2D eigenvalue weighted by Crippen LogP contribution is -2.47. The normalized spacial score (nSPS) is 19.5. The van der Waals surface area contributed by atoms with Gasteiger partial charge in [0.15, 0.2) is 17.3 Å². The van der Waals surface area contributed by atoms with Crippen LogP contribution in [-0.4, -0.2) is 65.2 Å². The molecule has 3 aliphatic rings. The van der Waals surface area contributed by atoms with Gasteiger partial charge in [-0.25, -0.2) is 0 Å². The monoisotopic (exact) mass is 471 g/mol. The molecule has 0 saturated carbocycles. The lowest BCUT2D eigenvalue weighted by molar-refractivity contribution is -0.121. The largest absolute Gasteiger partial charge is 0.454 e. The first-order valence-corrected chi connectivity index (χ1v) is 12.2. The van der Waals surface area contributed by atoms with Crippen molar-refractivity contribution >= 4 is 21.8 Å². The van der Waals surface area contributed by atoms with Gasteiger partial charge in [0, 0.05) is 37.8 Å². The molecule has 2 aromatic rings. The maximum Gasteiger partial charge on any atom is 0.285 e. The van der Waals surface area contributed by atoms with E-state index in [-0.39, 0.29) is 35.4 Å². The lowest BCUT2D eigenvalue weighted by Gasteiger charge is -2.38. The summed E-state index contributed by atoms with van der Waals surface area (Å²) in [5, 5.41) is 3.05. The number of amides is 1. The lowest BCUT2D eigenvalue weighted by atomic mass is 9.74. The summed E-state index contributed by atoms with van der Waals surface area (Å²) >= 11 is 0. The van der Waals surface area contributed by atoms with Gasteiger partial charge >= 0.3 is 0 Å². The predicted octanol–water partition coefficient (Wildman–Crippen LogP) is 1.66. The van der Waals surface area contributed by atoms with Gasteiger partial charge in [-0.05, 0) is 42.7 Å². The van der Waals surface area contributed by atoms with E-state index < -0.39 is 10.0 Å². The van der Waals surface area contributed by atoms with Crippen LogP contribution in [0.1, 0.15) is 24.0 Å². The molecule has 0 aliphatic carbocycles. The molecule has 1 saturated heterocycles. The van der Waals surface area contributed by atoms with Gasteiger partial charge in [-0.1, -0.05) is 18.2 Å². The van der Waals surface area contributed by atoms with Crippen LogP contribution in [0.4, 0.5) is 0 Å². The molecule has 1 amide bonds. The second-order valence-electron chi connectivity index (χ2n) is 8.48. The highest BCUT2D eigenvalue weighted by Gasteiger charge is 2.36. The Morgan fingerprint density at radius 3 is 2.70 bits per heavy atom. The third-order valence-electron chi connectivity index (χ3n) is 6.41. The summed E-state index contributed by atoms with van der Waals surface area (Å²) in [6.07, 6.45) is 1.53. The average molecular weight is 472 g/mol. The minimum Gasteiger partial charge on any atom is -0.454 e. The van der Waals surface area contributed by atoms with Gasteiger partial charge in [-0.3, -0.25) is 4.79 Å². The van der Waals surface area contributed by atoms with Gasteiger partial charge < -0.3 is 24.4 Å². The van der Waals surface area contributed by atoms with E-state index in [4.69, 9.17) is 14.2 Å². The van der Waals surface area contributed by atoms with Gasteiger partial charge in [0.1, 0.15) is 4.90 Å². The second kappa shape index (κ2) is 8.35. The molecule has 3 aliphatic heterocycles. The molecule has 1 fully saturated rings. The highest BCUT2D eigenvalue weighted by Crippen LogP contribution is 2.40. The van der Waals surface area contributed by atoms with E-state index in [1.165, 1.54) is 6.07 Å². The Labute approximate surface area is 192 Å². The quantitative estimate of drug-likeness (QED) is 0.707. The summed E-state index contributed by atoms with van der Waals surface area (Å²) < 4.78 is 45.1. The Bertz CT molecular complexity index is 1220. The number of sulfonamides is 1. The first-order chi connectivity index (χ1) is 15.9. The Kier molecular flexibility index (Phi) is 5.49. The van der Waals surface area contributed by atoms with Crippen LogP contribution in [-0.2, 0) is 25.0 Å². The topological polar surface area (TPSA) is 107 Å². The van der Waals surface area contributed by atoms with E-state index in [2.05, 4.69) is 9.71 Å². The fraction of sp³-hybridized carbons (Fsp3) is 0.391. The highest BCUT2D eigenvalue weighted by atomic mass is 32.2. The van der Waals surface area contributed by atoms with Crippen molar-refractivity contribution in [3.63, 3.8) is 0 Å². The van der Waals surface area contributed by atoms with Crippen LogP contribution < -0.4 is 14.8 Å². The molecule has 0 atom stereocenters. The van der Waals surface area contributed by atoms with E-state index in [0.29, 0.717) is 31.1 Å².